The van der Waals surface area contributed by atoms with Gasteiger partial charge in [0.25, 0.3) is 0 Å². The lowest BCUT2D eigenvalue weighted by molar-refractivity contribution is 0.805. The van der Waals surface area contributed by atoms with E-state index in [9.17, 15) is 0 Å². The maximum absolute atomic E-state index is 4.02. The minimum Gasteiger partial charge on any atom is -0.373 e. The largest absolute Gasteiger partial charge is 0.373 e. The van der Waals surface area contributed by atoms with Gasteiger partial charge >= 0.3 is 0 Å². The molecular formula is C13H13N3. The van der Waals surface area contributed by atoms with Gasteiger partial charge in [-0.2, -0.15) is 0 Å². The van der Waals surface area contributed by atoms with Crippen molar-refractivity contribution >= 4 is 5.69 Å². The average molecular weight is 211 g/mol. The van der Waals surface area contributed by atoms with Crippen LogP contribution in [0.1, 0.15) is 18.4 Å². The van der Waals surface area contributed by atoms with Crippen molar-refractivity contribution in [2.45, 2.75) is 18.4 Å². The van der Waals surface area contributed by atoms with Crippen molar-refractivity contribution in [3.63, 3.8) is 0 Å². The topological polar surface area (TPSA) is 37.8 Å². The predicted octanol–water partition coefficient (Wildman–Crippen LogP) is 2.58. The van der Waals surface area contributed by atoms with Crippen LogP contribution in [-0.2, 0) is 5.54 Å². The van der Waals surface area contributed by atoms with Gasteiger partial charge in [-0.3, -0.25) is 0 Å². The van der Waals surface area contributed by atoms with Crippen LogP contribution in [-0.4, -0.2) is 9.97 Å². The van der Waals surface area contributed by atoms with Crippen LogP contribution in [0.2, 0.25) is 0 Å². The average Bonchev–Trinajstić information content (AvgIpc) is 3.13. The van der Waals surface area contributed by atoms with E-state index in [1.54, 1.807) is 6.33 Å². The van der Waals surface area contributed by atoms with Crippen molar-refractivity contribution in [3.05, 3.63) is 54.6 Å². The summed E-state index contributed by atoms with van der Waals surface area (Å²) in [6, 6.07) is 10.6. The summed E-state index contributed by atoms with van der Waals surface area (Å²) in [5, 5.41) is 3.52. The first-order valence-electron chi connectivity index (χ1n) is 5.48. The fraction of sp³-hybridized carbons (Fsp3) is 0.231. The predicted molar refractivity (Wildman–Crippen MR) is 63.0 cm³/mol. The zero-order valence-electron chi connectivity index (χ0n) is 8.93. The SMILES string of the molecule is c1ccc(C2(Nc3cncnc3)CC2)cc1. The van der Waals surface area contributed by atoms with E-state index >= 15 is 0 Å². The van der Waals surface area contributed by atoms with Gasteiger partial charge in [0.2, 0.25) is 0 Å². The Morgan fingerprint density at radius 1 is 1.00 bits per heavy atom. The van der Waals surface area contributed by atoms with E-state index in [0.29, 0.717) is 0 Å². The van der Waals surface area contributed by atoms with Crippen LogP contribution in [0.25, 0.3) is 0 Å². The zero-order valence-corrected chi connectivity index (χ0v) is 8.93. The van der Waals surface area contributed by atoms with Crippen molar-refractivity contribution < 1.29 is 0 Å². The minimum absolute atomic E-state index is 0.117. The second kappa shape index (κ2) is 3.59. The van der Waals surface area contributed by atoms with E-state index in [1.165, 1.54) is 18.4 Å². The zero-order chi connectivity index (χ0) is 10.8. The highest BCUT2D eigenvalue weighted by atomic mass is 15.0. The molecule has 1 N–H and O–H groups in total. The van der Waals surface area contributed by atoms with Gasteiger partial charge in [-0.05, 0) is 18.4 Å². The van der Waals surface area contributed by atoms with Crippen LogP contribution >= 0.6 is 0 Å². The van der Waals surface area contributed by atoms with Crippen LogP contribution in [0.5, 0.6) is 0 Å². The second-order valence-corrected chi connectivity index (χ2v) is 4.20. The van der Waals surface area contributed by atoms with Crippen molar-refractivity contribution in [3.8, 4) is 0 Å². The van der Waals surface area contributed by atoms with Gasteiger partial charge in [0.05, 0.1) is 23.6 Å². The fourth-order valence-electron chi connectivity index (χ4n) is 2.01. The Morgan fingerprint density at radius 3 is 2.31 bits per heavy atom. The summed E-state index contributed by atoms with van der Waals surface area (Å²) < 4.78 is 0. The Bertz CT molecular complexity index is 463. The van der Waals surface area contributed by atoms with Crippen molar-refractivity contribution in [2.75, 3.05) is 5.32 Å². The van der Waals surface area contributed by atoms with Crippen LogP contribution in [0.3, 0.4) is 0 Å². The lowest BCUT2D eigenvalue weighted by atomic mass is 10.1. The fourth-order valence-corrected chi connectivity index (χ4v) is 2.01. The van der Waals surface area contributed by atoms with E-state index in [1.807, 2.05) is 18.5 Å². The molecule has 0 saturated heterocycles. The van der Waals surface area contributed by atoms with Crippen molar-refractivity contribution in [1.82, 2.24) is 9.97 Å². The highest BCUT2D eigenvalue weighted by molar-refractivity contribution is 5.47. The van der Waals surface area contributed by atoms with Gasteiger partial charge < -0.3 is 5.32 Å². The molecule has 1 fully saturated rings. The third-order valence-electron chi connectivity index (χ3n) is 3.02. The maximum Gasteiger partial charge on any atom is 0.115 e. The number of rotatable bonds is 3. The van der Waals surface area contributed by atoms with Gasteiger partial charge in [0.15, 0.2) is 0 Å². The Balaban J connectivity index is 1.86. The molecule has 1 aliphatic rings. The number of aromatic nitrogens is 2. The van der Waals surface area contributed by atoms with Gasteiger partial charge in [-0.1, -0.05) is 30.3 Å². The molecule has 1 aliphatic carbocycles. The first-order chi connectivity index (χ1) is 7.89. The Labute approximate surface area is 94.6 Å². The molecule has 0 atom stereocenters. The molecular weight excluding hydrogens is 198 g/mol. The molecule has 3 rings (SSSR count). The quantitative estimate of drug-likeness (QED) is 0.847. The number of anilines is 1. The summed E-state index contributed by atoms with van der Waals surface area (Å²) in [6.07, 6.45) is 7.52. The lowest BCUT2D eigenvalue weighted by Crippen LogP contribution is -2.18. The monoisotopic (exact) mass is 211 g/mol. The summed E-state index contributed by atoms with van der Waals surface area (Å²) in [6.45, 7) is 0. The van der Waals surface area contributed by atoms with Crippen LogP contribution in [0.4, 0.5) is 5.69 Å². The van der Waals surface area contributed by atoms with E-state index in [2.05, 4.69) is 39.6 Å². The third kappa shape index (κ3) is 1.65. The van der Waals surface area contributed by atoms with Gasteiger partial charge in [0, 0.05) is 0 Å². The number of hydrogen-bond donors (Lipinski definition) is 1. The number of nitrogens with zero attached hydrogens (tertiary/aromatic N) is 2. The van der Waals surface area contributed by atoms with E-state index in [4.69, 9.17) is 0 Å². The highest BCUT2D eigenvalue weighted by Gasteiger charge is 2.44. The third-order valence-corrected chi connectivity index (χ3v) is 3.02. The first kappa shape index (κ1) is 9.33. The molecule has 0 amide bonds. The molecule has 1 aromatic heterocycles. The lowest BCUT2D eigenvalue weighted by Gasteiger charge is -2.18. The minimum atomic E-state index is 0.117. The summed E-state index contributed by atoms with van der Waals surface area (Å²) >= 11 is 0. The van der Waals surface area contributed by atoms with Crippen molar-refractivity contribution in [2.24, 2.45) is 0 Å². The molecule has 1 heterocycles. The molecule has 0 aliphatic heterocycles. The number of hydrogen-bond acceptors (Lipinski definition) is 3. The summed E-state index contributed by atoms with van der Waals surface area (Å²) in [7, 11) is 0. The molecule has 2 aromatic rings. The van der Waals surface area contributed by atoms with E-state index in [-0.39, 0.29) is 5.54 Å². The van der Waals surface area contributed by atoms with E-state index in [0.717, 1.165) is 5.69 Å². The molecule has 1 aromatic carbocycles. The van der Waals surface area contributed by atoms with Crippen LogP contribution < -0.4 is 5.32 Å². The molecule has 0 bridgehead atoms. The van der Waals surface area contributed by atoms with Crippen molar-refractivity contribution in [1.29, 1.82) is 0 Å². The van der Waals surface area contributed by atoms with E-state index < -0.39 is 0 Å². The molecule has 3 heteroatoms. The number of benzene rings is 1. The summed E-state index contributed by atoms with van der Waals surface area (Å²) in [5.74, 6) is 0. The molecule has 0 unspecified atom stereocenters. The van der Waals surface area contributed by atoms with Gasteiger partial charge in [0.1, 0.15) is 6.33 Å². The van der Waals surface area contributed by atoms with Gasteiger partial charge in [-0.15, -0.1) is 0 Å². The molecule has 80 valence electrons. The Kier molecular flexibility index (Phi) is 2.10. The molecule has 16 heavy (non-hydrogen) atoms. The molecule has 0 radical (unpaired) electrons. The normalized spacial score (nSPS) is 16.8. The Hall–Kier alpha value is -1.90. The Morgan fingerprint density at radius 2 is 1.69 bits per heavy atom. The summed E-state index contributed by atoms with van der Waals surface area (Å²) in [5.41, 5.74) is 2.45. The second-order valence-electron chi connectivity index (χ2n) is 4.20. The smallest absolute Gasteiger partial charge is 0.115 e. The molecule has 1 saturated carbocycles. The van der Waals surface area contributed by atoms with Crippen LogP contribution in [0.15, 0.2) is 49.1 Å². The molecule has 3 nitrogen and oxygen atoms in total. The first-order valence-corrected chi connectivity index (χ1v) is 5.48. The van der Waals surface area contributed by atoms with Crippen LogP contribution in [0, 0.1) is 0 Å². The standard InChI is InChI=1S/C13H13N3/c1-2-4-11(5-3-1)13(6-7-13)16-12-8-14-10-15-9-12/h1-5,8-10,16H,6-7H2. The molecule has 0 spiro atoms. The summed E-state index contributed by atoms with van der Waals surface area (Å²) in [4.78, 5) is 8.03. The highest BCUT2D eigenvalue weighted by Crippen LogP contribution is 2.47. The number of nitrogens with one attached hydrogen (secondary N) is 1. The maximum atomic E-state index is 4.02. The van der Waals surface area contributed by atoms with Gasteiger partial charge in [-0.25, -0.2) is 9.97 Å².